The van der Waals surface area contributed by atoms with Gasteiger partial charge >= 0.3 is 0 Å². The van der Waals surface area contributed by atoms with E-state index < -0.39 is 0 Å². The second-order valence-corrected chi connectivity index (χ2v) is 7.59. The van der Waals surface area contributed by atoms with E-state index in [1.807, 2.05) is 29.2 Å². The molecule has 6 nitrogen and oxygen atoms in total. The number of rotatable bonds is 6. The molecule has 0 spiro atoms. The van der Waals surface area contributed by atoms with Crippen LogP contribution in [0.4, 0.5) is 0 Å². The Morgan fingerprint density at radius 1 is 1.37 bits per heavy atom. The maximum atomic E-state index is 13.0. The van der Waals surface area contributed by atoms with Crippen LogP contribution in [-0.4, -0.2) is 48.4 Å². The first-order chi connectivity index (χ1) is 13.1. The number of aromatic nitrogens is 1. The zero-order valence-corrected chi connectivity index (χ0v) is 16.6. The number of carbonyl (C=O) groups is 2. The van der Waals surface area contributed by atoms with Crippen LogP contribution in [0, 0.1) is 0 Å². The molecule has 0 bridgehead atoms. The molecule has 2 heterocycles. The van der Waals surface area contributed by atoms with Gasteiger partial charge in [0.15, 0.2) is 0 Å². The van der Waals surface area contributed by atoms with Crippen molar-refractivity contribution in [3.05, 3.63) is 45.9 Å². The molecule has 0 aliphatic carbocycles. The Kier molecular flexibility index (Phi) is 6.45. The summed E-state index contributed by atoms with van der Waals surface area (Å²) in [6.45, 7) is 3.55. The number of nitrogens with zero attached hydrogens (tertiary/aromatic N) is 2. The zero-order valence-electron chi connectivity index (χ0n) is 15.7. The second-order valence-electron chi connectivity index (χ2n) is 6.70. The van der Waals surface area contributed by atoms with Crippen LogP contribution in [0.1, 0.15) is 46.7 Å². The lowest BCUT2D eigenvalue weighted by Crippen LogP contribution is -2.39. The highest BCUT2D eigenvalue weighted by molar-refractivity contribution is 7.09. The number of ether oxygens (including phenoxy) is 1. The van der Waals surface area contributed by atoms with Crippen molar-refractivity contribution in [1.29, 1.82) is 0 Å². The topological polar surface area (TPSA) is 71.5 Å². The molecule has 2 amide bonds. The Morgan fingerprint density at radius 3 is 2.96 bits per heavy atom. The normalized spacial score (nSPS) is 16.8. The van der Waals surface area contributed by atoms with E-state index in [0.29, 0.717) is 24.4 Å². The molecule has 1 atom stereocenters. The summed E-state index contributed by atoms with van der Waals surface area (Å²) in [7, 11) is 1.59. The minimum atomic E-state index is -0.0248. The van der Waals surface area contributed by atoms with E-state index in [0.717, 1.165) is 36.5 Å². The molecule has 1 N–H and O–H groups in total. The number of methoxy groups -OCH3 is 1. The molecule has 27 heavy (non-hydrogen) atoms. The first-order valence-corrected chi connectivity index (χ1v) is 10.1. The van der Waals surface area contributed by atoms with E-state index in [-0.39, 0.29) is 17.7 Å². The predicted molar refractivity (Wildman–Crippen MR) is 105 cm³/mol. The van der Waals surface area contributed by atoms with Crippen molar-refractivity contribution in [2.45, 2.75) is 32.1 Å². The quantitative estimate of drug-likeness (QED) is 0.827. The lowest BCUT2D eigenvalue weighted by atomic mass is 9.98. The molecule has 1 saturated heterocycles. The second kappa shape index (κ2) is 8.99. The molecule has 1 aliphatic rings. The smallest absolute Gasteiger partial charge is 0.257 e. The van der Waals surface area contributed by atoms with Crippen LogP contribution < -0.4 is 10.1 Å². The summed E-state index contributed by atoms with van der Waals surface area (Å²) in [5.74, 6) is 0.860. The summed E-state index contributed by atoms with van der Waals surface area (Å²) in [6, 6.07) is 7.36. The van der Waals surface area contributed by atoms with Crippen LogP contribution in [-0.2, 0) is 11.2 Å². The van der Waals surface area contributed by atoms with Crippen molar-refractivity contribution >= 4 is 23.2 Å². The number of hydrogen-bond acceptors (Lipinski definition) is 5. The van der Waals surface area contributed by atoms with Crippen LogP contribution in [0.3, 0.4) is 0 Å². The summed E-state index contributed by atoms with van der Waals surface area (Å²) in [5, 5.41) is 5.92. The van der Waals surface area contributed by atoms with Gasteiger partial charge in [-0.15, -0.1) is 11.3 Å². The van der Waals surface area contributed by atoms with Crippen molar-refractivity contribution in [3.63, 3.8) is 0 Å². The number of piperidine rings is 1. The van der Waals surface area contributed by atoms with Crippen LogP contribution in [0.25, 0.3) is 0 Å². The molecule has 1 fully saturated rings. The van der Waals surface area contributed by atoms with Crippen LogP contribution in [0.2, 0.25) is 0 Å². The minimum Gasteiger partial charge on any atom is -0.496 e. The lowest BCUT2D eigenvalue weighted by Gasteiger charge is -2.32. The molecule has 0 radical (unpaired) electrons. The number of benzene rings is 1. The van der Waals surface area contributed by atoms with Gasteiger partial charge in [-0.1, -0.05) is 12.1 Å². The Bertz CT molecular complexity index is 805. The first-order valence-electron chi connectivity index (χ1n) is 9.19. The Morgan fingerprint density at radius 2 is 2.19 bits per heavy atom. The number of nitrogens with one attached hydrogen (secondary N) is 1. The summed E-state index contributed by atoms with van der Waals surface area (Å²) in [4.78, 5) is 30.6. The fourth-order valence-corrected chi connectivity index (χ4v) is 4.33. The maximum absolute atomic E-state index is 13.0. The molecule has 1 aromatic carbocycles. The van der Waals surface area contributed by atoms with E-state index in [1.165, 1.54) is 6.92 Å². The molecule has 7 heteroatoms. The van der Waals surface area contributed by atoms with Crippen molar-refractivity contribution in [2.24, 2.45) is 0 Å². The fourth-order valence-electron chi connectivity index (χ4n) is 3.35. The molecule has 144 valence electrons. The average molecular weight is 388 g/mol. The Hall–Kier alpha value is -2.41. The molecular weight excluding hydrogens is 362 g/mol. The first kappa shape index (κ1) is 19.4. The van der Waals surface area contributed by atoms with Crippen molar-refractivity contribution in [3.8, 4) is 5.75 Å². The number of likely N-dealkylation sites (tertiary alicyclic amines) is 1. The molecule has 1 aliphatic heterocycles. The van der Waals surface area contributed by atoms with E-state index in [2.05, 4.69) is 10.7 Å². The largest absolute Gasteiger partial charge is 0.496 e. The summed E-state index contributed by atoms with van der Waals surface area (Å²) < 4.78 is 5.34. The number of thiazole rings is 1. The standard InChI is InChI=1S/C20H25N3O3S/c1-14(24)21-10-9-16-13-27-19(22-16)15-6-5-11-23(12-15)20(25)17-7-3-4-8-18(17)26-2/h3-4,7-8,13,15H,5-6,9-12H2,1-2H3,(H,21,24)/t15-/m1/s1. The van der Waals surface area contributed by atoms with Crippen molar-refractivity contribution in [1.82, 2.24) is 15.2 Å². The predicted octanol–water partition coefficient (Wildman–Crippen LogP) is 2.85. The highest BCUT2D eigenvalue weighted by atomic mass is 32.1. The minimum absolute atomic E-state index is 0.0135. The third-order valence-corrected chi connectivity index (χ3v) is 5.78. The van der Waals surface area contributed by atoms with Gasteiger partial charge in [0.05, 0.1) is 23.4 Å². The maximum Gasteiger partial charge on any atom is 0.257 e. The average Bonchev–Trinajstić information content (AvgIpc) is 3.16. The van der Waals surface area contributed by atoms with Gasteiger partial charge in [0.1, 0.15) is 5.75 Å². The summed E-state index contributed by atoms with van der Waals surface area (Å²) >= 11 is 1.65. The van der Waals surface area contributed by atoms with Gasteiger partial charge < -0.3 is 15.0 Å². The van der Waals surface area contributed by atoms with E-state index in [9.17, 15) is 9.59 Å². The third kappa shape index (κ3) is 4.86. The van der Waals surface area contributed by atoms with Crippen LogP contribution in [0.5, 0.6) is 5.75 Å². The highest BCUT2D eigenvalue weighted by Crippen LogP contribution is 2.31. The van der Waals surface area contributed by atoms with Crippen molar-refractivity contribution < 1.29 is 14.3 Å². The summed E-state index contributed by atoms with van der Waals surface area (Å²) in [5.41, 5.74) is 1.60. The monoisotopic (exact) mass is 387 g/mol. The van der Waals surface area contributed by atoms with Gasteiger partial charge in [-0.25, -0.2) is 4.98 Å². The van der Waals surface area contributed by atoms with Gasteiger partial charge in [0, 0.05) is 44.3 Å². The molecule has 0 saturated carbocycles. The van der Waals surface area contributed by atoms with Crippen LogP contribution in [0.15, 0.2) is 29.6 Å². The van der Waals surface area contributed by atoms with Gasteiger partial charge in [0.25, 0.3) is 5.91 Å². The molecule has 1 aromatic heterocycles. The molecular formula is C20H25N3O3S. The lowest BCUT2D eigenvalue weighted by molar-refractivity contribution is -0.118. The van der Waals surface area contributed by atoms with E-state index in [4.69, 9.17) is 9.72 Å². The fraction of sp³-hybridized carbons (Fsp3) is 0.450. The zero-order chi connectivity index (χ0) is 19.2. The number of para-hydroxylation sites is 1. The van der Waals surface area contributed by atoms with E-state index >= 15 is 0 Å². The molecule has 3 rings (SSSR count). The Balaban J connectivity index is 1.65. The van der Waals surface area contributed by atoms with Crippen molar-refractivity contribution in [2.75, 3.05) is 26.7 Å². The number of carbonyl (C=O) groups excluding carboxylic acids is 2. The van der Waals surface area contributed by atoms with Gasteiger partial charge in [-0.3, -0.25) is 9.59 Å². The van der Waals surface area contributed by atoms with Gasteiger partial charge in [0.2, 0.25) is 5.91 Å². The number of hydrogen-bond donors (Lipinski definition) is 1. The third-order valence-electron chi connectivity index (χ3n) is 4.72. The van der Waals surface area contributed by atoms with Crippen LogP contribution >= 0.6 is 11.3 Å². The van der Waals surface area contributed by atoms with E-state index in [1.54, 1.807) is 18.4 Å². The van der Waals surface area contributed by atoms with Gasteiger partial charge in [-0.05, 0) is 25.0 Å². The Labute approximate surface area is 163 Å². The highest BCUT2D eigenvalue weighted by Gasteiger charge is 2.28. The molecule has 0 unspecified atom stereocenters. The van der Waals surface area contributed by atoms with Gasteiger partial charge in [-0.2, -0.15) is 0 Å². The summed E-state index contributed by atoms with van der Waals surface area (Å²) in [6.07, 6.45) is 2.73. The number of amides is 2. The molecule has 2 aromatic rings. The SMILES string of the molecule is COc1ccccc1C(=O)N1CCC[C@@H](c2nc(CCNC(C)=O)cs2)C1.